The van der Waals surface area contributed by atoms with Crippen LogP contribution in [0.15, 0.2) is 0 Å². The van der Waals surface area contributed by atoms with E-state index in [1.54, 1.807) is 0 Å². The topological polar surface area (TPSA) is 54.9 Å². The molecule has 0 aliphatic heterocycles. The molecule has 0 aromatic carbocycles. The van der Waals surface area contributed by atoms with Gasteiger partial charge in [-0.05, 0) is 0 Å². The first-order chi connectivity index (χ1) is 6.43. The van der Waals surface area contributed by atoms with Gasteiger partial charge in [0.25, 0.3) is 0 Å². The summed E-state index contributed by atoms with van der Waals surface area (Å²) in [6.07, 6.45) is -4.54. The third kappa shape index (κ3) is 2.81. The molecule has 0 atom stereocenters. The third-order valence-electron chi connectivity index (χ3n) is 1.04. The van der Waals surface area contributed by atoms with E-state index >= 15 is 0 Å². The largest absolute Gasteiger partial charge is 0.445 e. The molecule has 1 N–H and O–H groups in total. The van der Waals surface area contributed by atoms with Crippen molar-refractivity contribution in [1.82, 2.24) is 10.2 Å². The Kier molecular flexibility index (Phi) is 3.27. The fourth-order valence-corrected chi connectivity index (χ4v) is 1.23. The predicted molar refractivity (Wildman–Crippen MR) is 44.3 cm³/mol. The van der Waals surface area contributed by atoms with E-state index in [-0.39, 0.29) is 22.3 Å². The number of nitrogens with one attached hydrogen (secondary N) is 1. The highest BCUT2D eigenvalue weighted by Crippen LogP contribution is 2.32. The van der Waals surface area contributed by atoms with Crippen molar-refractivity contribution in [1.29, 1.82) is 0 Å². The maximum Gasteiger partial charge on any atom is 0.445 e. The Morgan fingerprint density at radius 1 is 1.50 bits per heavy atom. The minimum absolute atomic E-state index is 0.219. The number of carbonyl (C=O) groups is 1. The quantitative estimate of drug-likeness (QED) is 0.808. The highest BCUT2D eigenvalue weighted by atomic mass is 35.5. The molecule has 1 aromatic heterocycles. The fraction of sp³-hybridized carbons (Fsp3) is 0.400. The smallest absolute Gasteiger partial charge is 0.299 e. The van der Waals surface area contributed by atoms with Gasteiger partial charge in [0, 0.05) is 0 Å². The first-order valence-electron chi connectivity index (χ1n) is 3.20. The molecule has 0 fully saturated rings. The molecule has 1 rings (SSSR count). The number of hydrogen-bond donors (Lipinski definition) is 1. The van der Waals surface area contributed by atoms with Crippen LogP contribution in [0.3, 0.4) is 0 Å². The Labute approximate surface area is 85.1 Å². The van der Waals surface area contributed by atoms with Crippen molar-refractivity contribution in [2.45, 2.75) is 6.18 Å². The number of aromatic nitrogens is 2. The van der Waals surface area contributed by atoms with Crippen molar-refractivity contribution in [2.24, 2.45) is 0 Å². The average molecular weight is 246 g/mol. The lowest BCUT2D eigenvalue weighted by Gasteiger charge is -1.97. The van der Waals surface area contributed by atoms with Gasteiger partial charge in [0.15, 0.2) is 0 Å². The summed E-state index contributed by atoms with van der Waals surface area (Å²) in [5.41, 5.74) is 0. The molecule has 78 valence electrons. The summed E-state index contributed by atoms with van der Waals surface area (Å²) in [5.74, 6) is -0.975. The Hall–Kier alpha value is -0.890. The summed E-state index contributed by atoms with van der Waals surface area (Å²) in [5, 5.41) is 6.72. The van der Waals surface area contributed by atoms with Gasteiger partial charge in [-0.1, -0.05) is 11.3 Å². The van der Waals surface area contributed by atoms with Gasteiger partial charge in [-0.2, -0.15) is 13.2 Å². The number of carbonyl (C=O) groups excluding carboxylic acids is 1. The summed E-state index contributed by atoms with van der Waals surface area (Å²) in [6, 6.07) is 0. The number of hydrogen-bond acceptors (Lipinski definition) is 4. The van der Waals surface area contributed by atoms with Crippen molar-refractivity contribution < 1.29 is 18.0 Å². The SMILES string of the molecule is O=C(CCl)Nc1nnc(C(F)(F)F)s1. The van der Waals surface area contributed by atoms with E-state index in [1.165, 1.54) is 0 Å². The van der Waals surface area contributed by atoms with Crippen LogP contribution >= 0.6 is 22.9 Å². The van der Waals surface area contributed by atoms with Crippen LogP contribution in [-0.2, 0) is 11.0 Å². The van der Waals surface area contributed by atoms with E-state index in [0.29, 0.717) is 0 Å². The zero-order valence-corrected chi connectivity index (χ0v) is 8.00. The number of amides is 1. The van der Waals surface area contributed by atoms with Gasteiger partial charge in [0.05, 0.1) is 0 Å². The molecule has 0 unspecified atom stereocenters. The standard InChI is InChI=1S/C5H3ClF3N3OS/c6-1-2(13)10-4-12-11-3(14-4)5(7,8)9/h1H2,(H,10,12,13). The van der Waals surface area contributed by atoms with E-state index in [0.717, 1.165) is 0 Å². The van der Waals surface area contributed by atoms with Crippen molar-refractivity contribution in [2.75, 3.05) is 11.2 Å². The monoisotopic (exact) mass is 245 g/mol. The predicted octanol–water partition coefficient (Wildman–Crippen LogP) is 1.73. The molecule has 0 saturated heterocycles. The number of halogens is 4. The van der Waals surface area contributed by atoms with E-state index < -0.39 is 17.1 Å². The average Bonchev–Trinajstić information content (AvgIpc) is 2.51. The third-order valence-corrected chi connectivity index (χ3v) is 2.16. The number of rotatable bonds is 2. The van der Waals surface area contributed by atoms with Crippen LogP contribution in [0.2, 0.25) is 0 Å². The lowest BCUT2D eigenvalue weighted by molar-refractivity contribution is -0.138. The first-order valence-corrected chi connectivity index (χ1v) is 4.55. The van der Waals surface area contributed by atoms with Gasteiger partial charge in [-0.25, -0.2) is 0 Å². The van der Waals surface area contributed by atoms with Crippen LogP contribution in [0.25, 0.3) is 0 Å². The first kappa shape index (κ1) is 11.2. The molecule has 4 nitrogen and oxygen atoms in total. The van der Waals surface area contributed by atoms with Crippen LogP contribution in [0.4, 0.5) is 18.3 Å². The molecule has 1 aromatic rings. The molecule has 1 heterocycles. The zero-order valence-electron chi connectivity index (χ0n) is 6.43. The van der Waals surface area contributed by atoms with Gasteiger partial charge in [-0.3, -0.25) is 10.1 Å². The van der Waals surface area contributed by atoms with Crippen molar-refractivity contribution in [3.63, 3.8) is 0 Å². The fourth-order valence-electron chi connectivity index (χ4n) is 0.541. The molecule has 14 heavy (non-hydrogen) atoms. The molecule has 1 amide bonds. The maximum atomic E-state index is 12.0. The summed E-state index contributed by atoms with van der Waals surface area (Å²) in [7, 11) is 0. The molecule has 0 aliphatic rings. The molecule has 0 saturated carbocycles. The molecular weight excluding hydrogens is 243 g/mol. The number of anilines is 1. The highest BCUT2D eigenvalue weighted by Gasteiger charge is 2.35. The molecule has 0 aliphatic carbocycles. The summed E-state index contributed by atoms with van der Waals surface area (Å²) in [4.78, 5) is 10.7. The lowest BCUT2D eigenvalue weighted by atomic mass is 10.7. The van der Waals surface area contributed by atoms with Crippen molar-refractivity contribution >= 4 is 34.0 Å². The van der Waals surface area contributed by atoms with E-state index in [9.17, 15) is 18.0 Å². The van der Waals surface area contributed by atoms with E-state index in [4.69, 9.17) is 11.6 Å². The van der Waals surface area contributed by atoms with Gasteiger partial charge < -0.3 is 0 Å². The normalized spacial score (nSPS) is 11.4. The minimum atomic E-state index is -4.54. The van der Waals surface area contributed by atoms with Gasteiger partial charge in [0.1, 0.15) is 5.88 Å². The summed E-state index contributed by atoms with van der Waals surface area (Å²) < 4.78 is 36.0. The van der Waals surface area contributed by atoms with Crippen LogP contribution in [-0.4, -0.2) is 22.0 Å². The van der Waals surface area contributed by atoms with E-state index in [1.807, 2.05) is 0 Å². The molecule has 0 radical (unpaired) electrons. The second-order valence-electron chi connectivity index (χ2n) is 2.09. The van der Waals surface area contributed by atoms with Crippen LogP contribution in [0.1, 0.15) is 5.01 Å². The van der Waals surface area contributed by atoms with Crippen LogP contribution < -0.4 is 5.32 Å². The summed E-state index contributed by atoms with van der Waals surface area (Å²) in [6.45, 7) is 0. The Morgan fingerprint density at radius 3 is 2.57 bits per heavy atom. The zero-order chi connectivity index (χ0) is 10.8. The summed E-state index contributed by atoms with van der Waals surface area (Å²) >= 11 is 5.37. The van der Waals surface area contributed by atoms with Crippen molar-refractivity contribution in [3.05, 3.63) is 5.01 Å². The van der Waals surface area contributed by atoms with Crippen LogP contribution in [0, 0.1) is 0 Å². The second kappa shape index (κ2) is 4.09. The molecule has 0 spiro atoms. The van der Waals surface area contributed by atoms with Crippen molar-refractivity contribution in [3.8, 4) is 0 Å². The molecule has 9 heteroatoms. The molecule has 0 bridgehead atoms. The number of nitrogens with zero attached hydrogens (tertiary/aromatic N) is 2. The Bertz CT molecular complexity index is 339. The number of alkyl halides is 4. The maximum absolute atomic E-state index is 12.0. The lowest BCUT2D eigenvalue weighted by Crippen LogP contribution is -2.12. The van der Waals surface area contributed by atoms with Gasteiger partial charge in [-0.15, -0.1) is 21.8 Å². The van der Waals surface area contributed by atoms with Gasteiger partial charge in [0.2, 0.25) is 16.0 Å². The van der Waals surface area contributed by atoms with Gasteiger partial charge >= 0.3 is 6.18 Å². The second-order valence-corrected chi connectivity index (χ2v) is 3.34. The Balaban J connectivity index is 2.74. The minimum Gasteiger partial charge on any atom is -0.299 e. The van der Waals surface area contributed by atoms with Crippen LogP contribution in [0.5, 0.6) is 0 Å². The van der Waals surface area contributed by atoms with E-state index in [2.05, 4.69) is 15.5 Å². The molecular formula is C5H3ClF3N3OS. The highest BCUT2D eigenvalue weighted by molar-refractivity contribution is 7.15. The Morgan fingerprint density at radius 2 is 2.14 bits per heavy atom.